The Labute approximate surface area is 130 Å². The molecule has 0 bridgehead atoms. The van der Waals surface area contributed by atoms with Crippen molar-refractivity contribution < 1.29 is 4.74 Å². The van der Waals surface area contributed by atoms with Gasteiger partial charge in [0.25, 0.3) is 0 Å². The van der Waals surface area contributed by atoms with Gasteiger partial charge in [-0.2, -0.15) is 0 Å². The van der Waals surface area contributed by atoms with E-state index in [1.165, 1.54) is 11.1 Å². The predicted octanol–water partition coefficient (Wildman–Crippen LogP) is 3.50. The molecule has 1 atom stereocenters. The first-order valence-corrected chi connectivity index (χ1v) is 7.31. The molecule has 3 aromatic rings. The molecule has 112 valence electrons. The monoisotopic (exact) mass is 293 g/mol. The van der Waals surface area contributed by atoms with E-state index in [1.807, 2.05) is 24.4 Å². The van der Waals surface area contributed by atoms with Gasteiger partial charge in [-0.1, -0.05) is 35.9 Å². The van der Waals surface area contributed by atoms with Crippen LogP contribution in [-0.4, -0.2) is 22.1 Å². The largest absolute Gasteiger partial charge is 0.481 e. The van der Waals surface area contributed by atoms with Crippen molar-refractivity contribution >= 4 is 0 Å². The van der Waals surface area contributed by atoms with Crippen molar-refractivity contribution in [3.05, 3.63) is 77.5 Å². The van der Waals surface area contributed by atoms with E-state index in [9.17, 15) is 0 Å². The van der Waals surface area contributed by atoms with E-state index in [2.05, 4.69) is 46.1 Å². The zero-order valence-electron chi connectivity index (χ0n) is 12.8. The smallest absolute Gasteiger partial charge is 0.213 e. The summed E-state index contributed by atoms with van der Waals surface area (Å²) in [7, 11) is 1.64. The predicted molar refractivity (Wildman–Crippen MR) is 86.1 cm³/mol. The number of hydrogen-bond acceptors (Lipinski definition) is 3. The number of imidazole rings is 1. The Morgan fingerprint density at radius 3 is 2.77 bits per heavy atom. The quantitative estimate of drug-likeness (QED) is 0.783. The maximum atomic E-state index is 5.22. The lowest BCUT2D eigenvalue weighted by Crippen LogP contribution is -2.07. The number of aryl methyl sites for hydroxylation is 1. The van der Waals surface area contributed by atoms with Crippen molar-refractivity contribution in [1.82, 2.24) is 15.0 Å². The van der Waals surface area contributed by atoms with Crippen LogP contribution in [0.15, 0.2) is 55.0 Å². The van der Waals surface area contributed by atoms with E-state index in [-0.39, 0.29) is 5.92 Å². The summed E-state index contributed by atoms with van der Waals surface area (Å²) in [6.45, 7) is 2.11. The third kappa shape index (κ3) is 3.17. The second-order valence-corrected chi connectivity index (χ2v) is 5.35. The molecule has 22 heavy (non-hydrogen) atoms. The molecule has 2 heterocycles. The minimum atomic E-state index is 0.196. The van der Waals surface area contributed by atoms with Gasteiger partial charge in [0, 0.05) is 36.0 Å². The van der Waals surface area contributed by atoms with Crippen molar-refractivity contribution in [2.24, 2.45) is 0 Å². The summed E-state index contributed by atoms with van der Waals surface area (Å²) < 4.78 is 5.22. The van der Waals surface area contributed by atoms with Gasteiger partial charge in [0.05, 0.1) is 13.4 Å². The van der Waals surface area contributed by atoms with Crippen LogP contribution in [0.4, 0.5) is 0 Å². The number of benzene rings is 1. The Bertz CT molecular complexity index is 738. The number of hydrogen-bond donors (Lipinski definition) is 1. The van der Waals surface area contributed by atoms with Gasteiger partial charge >= 0.3 is 0 Å². The van der Waals surface area contributed by atoms with Crippen LogP contribution in [0.3, 0.4) is 0 Å². The van der Waals surface area contributed by atoms with Crippen molar-refractivity contribution in [1.29, 1.82) is 0 Å². The molecule has 1 aromatic carbocycles. The number of nitrogens with zero attached hydrogens (tertiary/aromatic N) is 2. The lowest BCUT2D eigenvalue weighted by molar-refractivity contribution is 0.396. The standard InChI is InChI=1S/C18H19N3O/c1-13-5-3-6-14(9-13)16(17-11-19-12-20-17)10-15-7-4-8-18(21-15)22-2/h3-9,11-12,16H,10H2,1-2H3,(H,19,20)/t16-/m0/s1. The molecular weight excluding hydrogens is 274 g/mol. The first-order chi connectivity index (χ1) is 10.8. The van der Waals surface area contributed by atoms with E-state index in [1.54, 1.807) is 13.4 Å². The Morgan fingerprint density at radius 2 is 2.05 bits per heavy atom. The van der Waals surface area contributed by atoms with Gasteiger partial charge in [-0.3, -0.25) is 0 Å². The molecule has 0 saturated heterocycles. The minimum absolute atomic E-state index is 0.196. The van der Waals surface area contributed by atoms with E-state index in [0.717, 1.165) is 17.8 Å². The van der Waals surface area contributed by atoms with Crippen LogP contribution < -0.4 is 4.74 Å². The zero-order valence-corrected chi connectivity index (χ0v) is 12.8. The van der Waals surface area contributed by atoms with Crippen molar-refractivity contribution in [2.75, 3.05) is 7.11 Å². The molecule has 1 N–H and O–H groups in total. The van der Waals surface area contributed by atoms with Crippen molar-refractivity contribution in [3.63, 3.8) is 0 Å². The molecule has 4 nitrogen and oxygen atoms in total. The number of aromatic nitrogens is 3. The van der Waals surface area contributed by atoms with Crippen molar-refractivity contribution in [3.8, 4) is 5.88 Å². The summed E-state index contributed by atoms with van der Waals surface area (Å²) in [5.74, 6) is 0.840. The van der Waals surface area contributed by atoms with Gasteiger partial charge in [0.2, 0.25) is 5.88 Å². The number of pyridine rings is 1. The summed E-state index contributed by atoms with van der Waals surface area (Å²) in [6.07, 6.45) is 4.40. The van der Waals surface area contributed by atoms with E-state index in [0.29, 0.717) is 5.88 Å². The van der Waals surface area contributed by atoms with E-state index >= 15 is 0 Å². The summed E-state index contributed by atoms with van der Waals surface area (Å²) in [5, 5.41) is 0. The summed E-state index contributed by atoms with van der Waals surface area (Å²) in [4.78, 5) is 11.9. The fourth-order valence-corrected chi connectivity index (χ4v) is 2.65. The maximum Gasteiger partial charge on any atom is 0.213 e. The lowest BCUT2D eigenvalue weighted by atomic mass is 9.90. The molecule has 0 aliphatic heterocycles. The number of methoxy groups -OCH3 is 1. The number of rotatable bonds is 5. The Balaban J connectivity index is 1.95. The summed E-state index contributed by atoms with van der Waals surface area (Å²) in [5.41, 5.74) is 4.60. The number of H-pyrrole nitrogens is 1. The highest BCUT2D eigenvalue weighted by atomic mass is 16.5. The second kappa shape index (κ2) is 6.43. The first kappa shape index (κ1) is 14.3. The van der Waals surface area contributed by atoms with Crippen LogP contribution in [0.25, 0.3) is 0 Å². The molecule has 2 aromatic heterocycles. The highest BCUT2D eigenvalue weighted by Crippen LogP contribution is 2.27. The fraction of sp³-hybridized carbons (Fsp3) is 0.222. The Kier molecular flexibility index (Phi) is 4.19. The van der Waals surface area contributed by atoms with Gasteiger partial charge in [-0.15, -0.1) is 0 Å². The Hall–Kier alpha value is -2.62. The van der Waals surface area contributed by atoms with Gasteiger partial charge in [0.15, 0.2) is 0 Å². The highest BCUT2D eigenvalue weighted by molar-refractivity contribution is 5.33. The van der Waals surface area contributed by atoms with Crippen molar-refractivity contribution in [2.45, 2.75) is 19.3 Å². The molecule has 0 fully saturated rings. The summed E-state index contributed by atoms with van der Waals surface area (Å²) in [6, 6.07) is 14.4. The molecule has 0 aliphatic rings. The third-order valence-corrected chi connectivity index (χ3v) is 3.74. The number of ether oxygens (including phenoxy) is 1. The normalized spacial score (nSPS) is 12.1. The molecule has 0 radical (unpaired) electrons. The topological polar surface area (TPSA) is 50.8 Å². The molecule has 0 aliphatic carbocycles. The second-order valence-electron chi connectivity index (χ2n) is 5.35. The molecule has 4 heteroatoms. The van der Waals surface area contributed by atoms with Gasteiger partial charge < -0.3 is 9.72 Å². The van der Waals surface area contributed by atoms with Crippen LogP contribution >= 0.6 is 0 Å². The third-order valence-electron chi connectivity index (χ3n) is 3.74. The molecule has 3 rings (SSSR count). The van der Waals surface area contributed by atoms with Crippen LogP contribution in [0.1, 0.15) is 28.4 Å². The van der Waals surface area contributed by atoms with Crippen LogP contribution in [-0.2, 0) is 6.42 Å². The molecule has 0 spiro atoms. The average Bonchev–Trinajstić information content (AvgIpc) is 3.07. The fourth-order valence-electron chi connectivity index (χ4n) is 2.65. The molecule has 0 unspecified atom stereocenters. The van der Waals surface area contributed by atoms with Crippen LogP contribution in [0.2, 0.25) is 0 Å². The molecular formula is C18H19N3O. The molecule has 0 amide bonds. The Morgan fingerprint density at radius 1 is 1.18 bits per heavy atom. The lowest BCUT2D eigenvalue weighted by Gasteiger charge is -2.16. The first-order valence-electron chi connectivity index (χ1n) is 7.31. The van der Waals surface area contributed by atoms with Crippen LogP contribution in [0.5, 0.6) is 5.88 Å². The van der Waals surface area contributed by atoms with E-state index in [4.69, 9.17) is 4.74 Å². The SMILES string of the molecule is COc1cccc(C[C@@H](c2cccc(C)c2)c2cnc[nH]2)n1. The van der Waals surface area contributed by atoms with Gasteiger partial charge in [0.1, 0.15) is 0 Å². The maximum absolute atomic E-state index is 5.22. The minimum Gasteiger partial charge on any atom is -0.481 e. The van der Waals surface area contributed by atoms with Gasteiger partial charge in [-0.25, -0.2) is 9.97 Å². The number of nitrogens with one attached hydrogen (secondary N) is 1. The summed E-state index contributed by atoms with van der Waals surface area (Å²) >= 11 is 0. The van der Waals surface area contributed by atoms with E-state index < -0.39 is 0 Å². The van der Waals surface area contributed by atoms with Crippen LogP contribution in [0, 0.1) is 6.92 Å². The average molecular weight is 293 g/mol. The molecule has 0 saturated carbocycles. The highest BCUT2D eigenvalue weighted by Gasteiger charge is 2.17. The van der Waals surface area contributed by atoms with Gasteiger partial charge in [-0.05, 0) is 18.6 Å². The number of aromatic amines is 1. The zero-order chi connectivity index (χ0) is 15.4.